The predicted molar refractivity (Wildman–Crippen MR) is 125 cm³/mol. The number of benzene rings is 1. The Morgan fingerprint density at radius 2 is 1.97 bits per heavy atom. The Kier molecular flexibility index (Phi) is 13.2. The lowest BCUT2D eigenvalue weighted by Gasteiger charge is -2.21. The number of ether oxygens (including phenoxy) is 3. The number of guanidine groups is 1. The van der Waals surface area contributed by atoms with Crippen molar-refractivity contribution in [3.8, 4) is 5.75 Å². The van der Waals surface area contributed by atoms with Crippen molar-refractivity contribution in [2.24, 2.45) is 10.9 Å². The first-order chi connectivity index (χ1) is 14.4. The van der Waals surface area contributed by atoms with Crippen molar-refractivity contribution in [2.45, 2.75) is 38.9 Å². The van der Waals surface area contributed by atoms with Crippen LogP contribution in [0.1, 0.15) is 37.3 Å². The summed E-state index contributed by atoms with van der Waals surface area (Å²) in [5, 5.41) is 6.20. The standard InChI is InChI=1S/C21H32F3N3O3.HI/c1-3-25-20(26-9-4-10-30-15-16-7-11-29-12-8-16)27-14-17-5-6-18(28-2)13-19(17)21(22,23)24;/h5-6,13,16H,3-4,7-12,14-15H2,1-2H3,(H2,25,26,27);1H. The third-order valence-corrected chi connectivity index (χ3v) is 4.83. The third-order valence-electron chi connectivity index (χ3n) is 4.83. The van der Waals surface area contributed by atoms with Crippen molar-refractivity contribution in [2.75, 3.05) is 46.6 Å². The van der Waals surface area contributed by atoms with Crippen LogP contribution >= 0.6 is 24.0 Å². The molecule has 0 atom stereocenters. The minimum atomic E-state index is -4.47. The fourth-order valence-corrected chi connectivity index (χ4v) is 3.13. The zero-order valence-corrected chi connectivity index (χ0v) is 20.4. The number of hydrogen-bond donors (Lipinski definition) is 2. The first kappa shape index (κ1) is 27.8. The molecule has 1 saturated heterocycles. The normalized spacial score (nSPS) is 15.3. The van der Waals surface area contributed by atoms with Crippen LogP contribution in [-0.4, -0.2) is 52.6 Å². The van der Waals surface area contributed by atoms with E-state index in [9.17, 15) is 13.2 Å². The zero-order chi connectivity index (χ0) is 21.8. The van der Waals surface area contributed by atoms with E-state index in [1.54, 1.807) is 0 Å². The molecular weight excluding hydrogens is 526 g/mol. The van der Waals surface area contributed by atoms with Gasteiger partial charge in [-0.2, -0.15) is 13.2 Å². The second-order valence-corrected chi connectivity index (χ2v) is 7.13. The molecule has 0 aliphatic carbocycles. The lowest BCUT2D eigenvalue weighted by Crippen LogP contribution is -2.38. The predicted octanol–water partition coefficient (Wildman–Crippen LogP) is 4.22. The summed E-state index contributed by atoms with van der Waals surface area (Å²) in [4.78, 5) is 4.30. The highest BCUT2D eigenvalue weighted by Gasteiger charge is 2.33. The Hall–Kier alpha value is -1.27. The molecule has 0 saturated carbocycles. The topological polar surface area (TPSA) is 64.1 Å². The molecule has 31 heavy (non-hydrogen) atoms. The number of methoxy groups -OCH3 is 1. The van der Waals surface area contributed by atoms with Gasteiger partial charge in [-0.15, -0.1) is 24.0 Å². The molecule has 1 fully saturated rings. The molecule has 1 heterocycles. The largest absolute Gasteiger partial charge is 0.497 e. The zero-order valence-electron chi connectivity index (χ0n) is 18.1. The van der Waals surface area contributed by atoms with E-state index < -0.39 is 11.7 Å². The van der Waals surface area contributed by atoms with Crippen LogP contribution in [0.15, 0.2) is 23.2 Å². The molecule has 10 heteroatoms. The van der Waals surface area contributed by atoms with E-state index in [1.165, 1.54) is 19.2 Å². The van der Waals surface area contributed by atoms with Crippen LogP contribution in [-0.2, 0) is 22.2 Å². The maximum absolute atomic E-state index is 13.3. The molecule has 1 aliphatic heterocycles. The SMILES string of the molecule is CCNC(=NCc1ccc(OC)cc1C(F)(F)F)NCCCOCC1CCOCC1.I. The van der Waals surface area contributed by atoms with Gasteiger partial charge in [-0.25, -0.2) is 4.99 Å². The molecule has 1 aromatic rings. The lowest BCUT2D eigenvalue weighted by molar-refractivity contribution is -0.138. The van der Waals surface area contributed by atoms with E-state index in [4.69, 9.17) is 14.2 Å². The minimum absolute atomic E-state index is 0. The third kappa shape index (κ3) is 10.3. The molecule has 0 spiro atoms. The highest BCUT2D eigenvalue weighted by molar-refractivity contribution is 14.0. The number of rotatable bonds is 10. The van der Waals surface area contributed by atoms with Crippen molar-refractivity contribution < 1.29 is 27.4 Å². The summed E-state index contributed by atoms with van der Waals surface area (Å²) >= 11 is 0. The van der Waals surface area contributed by atoms with Gasteiger partial charge in [0.15, 0.2) is 5.96 Å². The van der Waals surface area contributed by atoms with Crippen LogP contribution in [0.4, 0.5) is 13.2 Å². The minimum Gasteiger partial charge on any atom is -0.497 e. The summed E-state index contributed by atoms with van der Waals surface area (Å²) in [6.45, 7) is 6.03. The molecule has 1 aromatic carbocycles. The smallest absolute Gasteiger partial charge is 0.416 e. The summed E-state index contributed by atoms with van der Waals surface area (Å²) < 4.78 is 56.0. The van der Waals surface area contributed by atoms with Gasteiger partial charge in [-0.05, 0) is 49.8 Å². The van der Waals surface area contributed by atoms with Crippen LogP contribution in [0, 0.1) is 5.92 Å². The van der Waals surface area contributed by atoms with Gasteiger partial charge in [0.05, 0.1) is 19.2 Å². The average molecular weight is 559 g/mol. The maximum atomic E-state index is 13.3. The van der Waals surface area contributed by atoms with Gasteiger partial charge >= 0.3 is 6.18 Å². The van der Waals surface area contributed by atoms with E-state index in [2.05, 4.69) is 15.6 Å². The van der Waals surface area contributed by atoms with Crippen molar-refractivity contribution in [3.05, 3.63) is 29.3 Å². The first-order valence-electron chi connectivity index (χ1n) is 10.4. The highest BCUT2D eigenvalue weighted by atomic mass is 127. The van der Waals surface area contributed by atoms with E-state index in [0.717, 1.165) is 45.1 Å². The number of alkyl halides is 3. The van der Waals surface area contributed by atoms with Crippen LogP contribution in [0.25, 0.3) is 0 Å². The second-order valence-electron chi connectivity index (χ2n) is 7.13. The van der Waals surface area contributed by atoms with Gasteiger partial charge < -0.3 is 24.8 Å². The average Bonchev–Trinajstić information content (AvgIpc) is 2.74. The van der Waals surface area contributed by atoms with Gasteiger partial charge in [0, 0.05) is 39.5 Å². The summed E-state index contributed by atoms with van der Waals surface area (Å²) in [6.07, 6.45) is -1.60. The molecule has 0 radical (unpaired) electrons. The van der Waals surface area contributed by atoms with Crippen molar-refractivity contribution in [1.29, 1.82) is 0 Å². The monoisotopic (exact) mass is 559 g/mol. The first-order valence-corrected chi connectivity index (χ1v) is 10.4. The maximum Gasteiger partial charge on any atom is 0.416 e. The Morgan fingerprint density at radius 1 is 1.23 bits per heavy atom. The fraction of sp³-hybridized carbons (Fsp3) is 0.667. The molecule has 0 unspecified atom stereocenters. The molecular formula is C21H33F3IN3O3. The Labute approximate surface area is 199 Å². The molecule has 2 rings (SSSR count). The fourth-order valence-electron chi connectivity index (χ4n) is 3.13. The molecule has 0 bridgehead atoms. The van der Waals surface area contributed by atoms with Crippen molar-refractivity contribution in [1.82, 2.24) is 10.6 Å². The molecule has 0 amide bonds. The Morgan fingerprint density at radius 3 is 2.61 bits per heavy atom. The second kappa shape index (κ2) is 14.7. The molecule has 6 nitrogen and oxygen atoms in total. The quantitative estimate of drug-likeness (QED) is 0.195. The number of hydrogen-bond acceptors (Lipinski definition) is 4. The van der Waals surface area contributed by atoms with Gasteiger partial charge in [0.2, 0.25) is 0 Å². The Balaban J connectivity index is 0.00000480. The molecule has 1 aliphatic rings. The Bertz CT molecular complexity index is 669. The number of nitrogens with one attached hydrogen (secondary N) is 2. The van der Waals surface area contributed by atoms with E-state index >= 15 is 0 Å². The highest BCUT2D eigenvalue weighted by Crippen LogP contribution is 2.34. The lowest BCUT2D eigenvalue weighted by atomic mass is 10.0. The number of nitrogens with zero attached hydrogens (tertiary/aromatic N) is 1. The summed E-state index contributed by atoms with van der Waals surface area (Å²) in [7, 11) is 1.34. The van der Waals surface area contributed by atoms with E-state index in [-0.39, 0.29) is 41.8 Å². The van der Waals surface area contributed by atoms with E-state index in [0.29, 0.717) is 31.6 Å². The molecule has 2 N–H and O–H groups in total. The number of halogens is 4. The number of aliphatic imine (C=N–C) groups is 1. The summed E-state index contributed by atoms with van der Waals surface area (Å²) in [6, 6.07) is 3.91. The molecule has 178 valence electrons. The van der Waals surface area contributed by atoms with Crippen LogP contribution in [0.2, 0.25) is 0 Å². The van der Waals surface area contributed by atoms with Crippen molar-refractivity contribution in [3.63, 3.8) is 0 Å². The van der Waals surface area contributed by atoms with E-state index in [1.807, 2.05) is 6.92 Å². The van der Waals surface area contributed by atoms with Gasteiger partial charge in [-0.1, -0.05) is 6.07 Å². The summed E-state index contributed by atoms with van der Waals surface area (Å²) in [5.41, 5.74) is -0.636. The van der Waals surface area contributed by atoms with Crippen LogP contribution in [0.5, 0.6) is 5.75 Å². The van der Waals surface area contributed by atoms with Crippen molar-refractivity contribution >= 4 is 29.9 Å². The van der Waals surface area contributed by atoms with Crippen LogP contribution < -0.4 is 15.4 Å². The van der Waals surface area contributed by atoms with Gasteiger partial charge in [-0.3, -0.25) is 0 Å². The summed E-state index contributed by atoms with van der Waals surface area (Å²) in [5.74, 6) is 1.21. The van der Waals surface area contributed by atoms with Crippen LogP contribution in [0.3, 0.4) is 0 Å². The molecule has 0 aromatic heterocycles. The van der Waals surface area contributed by atoms with Gasteiger partial charge in [0.25, 0.3) is 0 Å². The van der Waals surface area contributed by atoms with Gasteiger partial charge in [0.1, 0.15) is 5.75 Å².